The van der Waals surface area contributed by atoms with E-state index < -0.39 is 0 Å². The highest BCUT2D eigenvalue weighted by Gasteiger charge is 2.24. The third-order valence-electron chi connectivity index (χ3n) is 5.50. The molecule has 32 heavy (non-hydrogen) atoms. The number of nitrogens with zero attached hydrogens (tertiary/aromatic N) is 4. The van der Waals surface area contributed by atoms with Crippen LogP contribution in [-0.4, -0.2) is 77.7 Å². The smallest absolute Gasteiger partial charge is 0.269 e. The lowest BCUT2D eigenvalue weighted by Gasteiger charge is -2.25. The van der Waals surface area contributed by atoms with Crippen molar-refractivity contribution in [3.05, 3.63) is 53.5 Å². The van der Waals surface area contributed by atoms with E-state index in [-0.39, 0.29) is 24.6 Å². The first kappa shape index (κ1) is 23.8. The molecule has 0 spiro atoms. The molecule has 0 radical (unpaired) electrons. The molecule has 1 amide bonds. The molecule has 2 atom stereocenters. The highest BCUT2D eigenvalue weighted by atomic mass is 16.3. The maximum Gasteiger partial charge on any atom is 0.269 e. The van der Waals surface area contributed by atoms with E-state index >= 15 is 0 Å². The Kier molecular flexibility index (Phi) is 9.13. The van der Waals surface area contributed by atoms with Gasteiger partial charge in [0.15, 0.2) is 0 Å². The van der Waals surface area contributed by atoms with Crippen molar-refractivity contribution < 1.29 is 9.90 Å². The Balaban J connectivity index is 1.73. The predicted molar refractivity (Wildman–Crippen MR) is 128 cm³/mol. The van der Waals surface area contributed by atoms with Crippen LogP contribution in [-0.2, 0) is 0 Å². The maximum atomic E-state index is 12.3. The van der Waals surface area contributed by atoms with E-state index in [1.807, 2.05) is 6.07 Å². The minimum Gasteiger partial charge on any atom is -0.396 e. The van der Waals surface area contributed by atoms with E-state index in [1.165, 1.54) is 5.70 Å². The number of aliphatic imine (C=N–C) groups is 2. The second-order valence-electron chi connectivity index (χ2n) is 7.97. The minimum absolute atomic E-state index is 0.0555. The van der Waals surface area contributed by atoms with Crippen LogP contribution in [0.2, 0.25) is 0 Å². The molecule has 1 aromatic heterocycles. The molecule has 1 aliphatic heterocycles. The normalized spacial score (nSPS) is 19.6. The highest BCUT2D eigenvalue weighted by Crippen LogP contribution is 2.23. The van der Waals surface area contributed by atoms with E-state index in [0.717, 1.165) is 50.0 Å². The molecular formula is C24H34N6O2. The van der Waals surface area contributed by atoms with Crippen LogP contribution in [0.3, 0.4) is 0 Å². The number of rotatable bonds is 11. The molecule has 2 unspecified atom stereocenters. The molecule has 0 aromatic carbocycles. The number of amides is 1. The first-order valence-electron chi connectivity index (χ1n) is 11.5. The Hall–Kier alpha value is -2.84. The minimum atomic E-state index is -0.214. The van der Waals surface area contributed by atoms with Gasteiger partial charge in [-0.05, 0) is 50.4 Å². The fourth-order valence-electron chi connectivity index (χ4n) is 3.81. The van der Waals surface area contributed by atoms with Gasteiger partial charge in [-0.1, -0.05) is 19.1 Å². The van der Waals surface area contributed by atoms with Crippen molar-refractivity contribution in [1.82, 2.24) is 15.2 Å². The molecule has 4 N–H and O–H groups in total. The summed E-state index contributed by atoms with van der Waals surface area (Å²) in [5.74, 6) is -0.214. The summed E-state index contributed by atoms with van der Waals surface area (Å²) >= 11 is 0. The van der Waals surface area contributed by atoms with E-state index in [0.29, 0.717) is 18.8 Å². The lowest BCUT2D eigenvalue weighted by Crippen LogP contribution is -2.28. The van der Waals surface area contributed by atoms with Gasteiger partial charge in [-0.2, -0.15) is 0 Å². The third kappa shape index (κ3) is 6.34. The fourth-order valence-corrected chi connectivity index (χ4v) is 3.81. The van der Waals surface area contributed by atoms with E-state index in [9.17, 15) is 9.90 Å². The van der Waals surface area contributed by atoms with E-state index in [4.69, 9.17) is 15.7 Å². The zero-order chi connectivity index (χ0) is 22.8. The second-order valence-corrected chi connectivity index (χ2v) is 7.97. The zero-order valence-electron chi connectivity index (χ0n) is 18.8. The quantitative estimate of drug-likeness (QED) is 0.455. The van der Waals surface area contributed by atoms with Gasteiger partial charge >= 0.3 is 0 Å². The molecule has 8 heteroatoms. The van der Waals surface area contributed by atoms with Crippen LogP contribution in [0.15, 0.2) is 52.2 Å². The number of aromatic nitrogens is 1. The Bertz CT molecular complexity index is 892. The summed E-state index contributed by atoms with van der Waals surface area (Å²) in [6, 6.07) is 3.61. The summed E-state index contributed by atoms with van der Waals surface area (Å²) in [6.45, 7) is 5.21. The van der Waals surface area contributed by atoms with Gasteiger partial charge in [0.05, 0.1) is 17.8 Å². The van der Waals surface area contributed by atoms with Crippen LogP contribution in [0.25, 0.3) is 0 Å². The summed E-state index contributed by atoms with van der Waals surface area (Å²) in [5.41, 5.74) is 8.59. The number of carbonyl (C=O) groups excluding carboxylic acids is 1. The lowest BCUT2D eigenvalue weighted by molar-refractivity contribution is 0.0948. The summed E-state index contributed by atoms with van der Waals surface area (Å²) in [4.78, 5) is 28.5. The zero-order valence-corrected chi connectivity index (χ0v) is 18.8. The number of aliphatic hydroxyl groups excluding tert-OH is 1. The number of fused-ring (bicyclic) bond motifs is 1. The average molecular weight is 439 g/mol. The first-order valence-corrected chi connectivity index (χ1v) is 11.5. The van der Waals surface area contributed by atoms with Gasteiger partial charge in [0, 0.05) is 49.9 Å². The molecular weight excluding hydrogens is 404 g/mol. The lowest BCUT2D eigenvalue weighted by atomic mass is 10.0. The number of hydrogen-bond donors (Lipinski definition) is 3. The summed E-state index contributed by atoms with van der Waals surface area (Å²) in [5, 5.41) is 12.0. The molecule has 0 fully saturated rings. The van der Waals surface area contributed by atoms with Crippen molar-refractivity contribution in [1.29, 1.82) is 0 Å². The third-order valence-corrected chi connectivity index (χ3v) is 5.50. The fraction of sp³-hybridized carbons (Fsp3) is 0.500. The number of nitrogens with one attached hydrogen (secondary N) is 1. The number of carbonyl (C=O) groups is 1. The van der Waals surface area contributed by atoms with Gasteiger partial charge in [-0.25, -0.2) is 0 Å². The van der Waals surface area contributed by atoms with Gasteiger partial charge in [-0.15, -0.1) is 0 Å². The predicted octanol–water partition coefficient (Wildman–Crippen LogP) is 1.71. The largest absolute Gasteiger partial charge is 0.396 e. The van der Waals surface area contributed by atoms with Gasteiger partial charge in [0.25, 0.3) is 5.91 Å². The average Bonchev–Trinajstić information content (AvgIpc) is 3.04. The molecule has 1 aliphatic carbocycles. The molecule has 3 rings (SSSR count). The first-order chi connectivity index (χ1) is 15.7. The Morgan fingerprint density at radius 2 is 2.22 bits per heavy atom. The van der Waals surface area contributed by atoms with E-state index in [1.54, 1.807) is 18.5 Å². The summed E-state index contributed by atoms with van der Waals surface area (Å²) < 4.78 is 0. The molecule has 8 nitrogen and oxygen atoms in total. The number of hydrogen-bond acceptors (Lipinski definition) is 7. The molecule has 172 valence electrons. The van der Waals surface area contributed by atoms with Crippen molar-refractivity contribution in [3.63, 3.8) is 0 Å². The van der Waals surface area contributed by atoms with Gasteiger partial charge < -0.3 is 21.1 Å². The van der Waals surface area contributed by atoms with E-state index in [2.05, 4.69) is 40.4 Å². The highest BCUT2D eigenvalue weighted by molar-refractivity contribution is 6.38. The second kappa shape index (κ2) is 12.3. The molecule has 0 saturated carbocycles. The summed E-state index contributed by atoms with van der Waals surface area (Å²) in [7, 11) is 0. The maximum absolute atomic E-state index is 12.3. The van der Waals surface area contributed by atoms with Gasteiger partial charge in [0.2, 0.25) is 0 Å². The Labute approximate surface area is 190 Å². The SMILES string of the molecule is CCCN(CCCO)C1=CCC2N=CC(c3ccnc(C(=O)NCCCN)c3)=NC2C=C1. The van der Waals surface area contributed by atoms with Gasteiger partial charge in [0.1, 0.15) is 5.69 Å². The van der Waals surface area contributed by atoms with Crippen molar-refractivity contribution in [2.45, 2.75) is 44.7 Å². The van der Waals surface area contributed by atoms with Crippen LogP contribution in [0.4, 0.5) is 0 Å². The molecule has 1 aromatic rings. The molecule has 2 aliphatic rings. The number of aliphatic hydroxyl groups is 1. The monoisotopic (exact) mass is 438 g/mol. The van der Waals surface area contributed by atoms with Crippen molar-refractivity contribution in [3.8, 4) is 0 Å². The molecule has 2 heterocycles. The number of nitrogens with two attached hydrogens (primary N) is 1. The molecule has 0 bridgehead atoms. The Morgan fingerprint density at radius 3 is 3.00 bits per heavy atom. The van der Waals surface area contributed by atoms with Crippen LogP contribution < -0.4 is 11.1 Å². The van der Waals surface area contributed by atoms with Crippen molar-refractivity contribution in [2.24, 2.45) is 15.7 Å². The summed E-state index contributed by atoms with van der Waals surface area (Å²) in [6.07, 6.45) is 13.2. The van der Waals surface area contributed by atoms with Crippen LogP contribution in [0.5, 0.6) is 0 Å². The Morgan fingerprint density at radius 1 is 1.34 bits per heavy atom. The molecule has 0 saturated heterocycles. The van der Waals surface area contributed by atoms with Gasteiger partial charge in [-0.3, -0.25) is 19.8 Å². The van der Waals surface area contributed by atoms with Crippen molar-refractivity contribution >= 4 is 17.8 Å². The topological polar surface area (TPSA) is 116 Å². The van der Waals surface area contributed by atoms with Crippen LogP contribution in [0.1, 0.15) is 48.7 Å². The number of allylic oxidation sites excluding steroid dienone is 1. The van der Waals surface area contributed by atoms with Crippen molar-refractivity contribution in [2.75, 3.05) is 32.8 Å². The van der Waals surface area contributed by atoms with Crippen LogP contribution in [0, 0.1) is 0 Å². The van der Waals surface area contributed by atoms with Crippen LogP contribution >= 0.6 is 0 Å². The number of pyridine rings is 1. The standard InChI is InChI=1S/C24H34N6O2/c1-2-13-30(14-4-15-31)19-5-7-20-21(8-6-19)29-23(17-28-20)18-9-12-26-22(16-18)24(32)27-11-3-10-25/h5-6,8-9,12,16-17,20-21,31H,2-4,7,10-11,13-15,25H2,1H3,(H,27,32).